The van der Waals surface area contributed by atoms with Crippen molar-refractivity contribution in [3.63, 3.8) is 0 Å². The number of aryl methyl sites for hydroxylation is 1. The van der Waals surface area contributed by atoms with E-state index in [-0.39, 0.29) is 0 Å². The van der Waals surface area contributed by atoms with Gasteiger partial charge in [0.25, 0.3) is 0 Å². The second kappa shape index (κ2) is 4.39. The Labute approximate surface area is 86.5 Å². The fraction of sp³-hybridized carbons (Fsp3) is 0.750. The van der Waals surface area contributed by atoms with Gasteiger partial charge in [0.15, 0.2) is 4.34 Å². The highest BCUT2D eigenvalue weighted by molar-refractivity contribution is 8.01. The van der Waals surface area contributed by atoms with Crippen LogP contribution in [0.1, 0.15) is 18.7 Å². The Bertz CT molecular complexity index is 268. The van der Waals surface area contributed by atoms with Crippen LogP contribution in [0.15, 0.2) is 4.34 Å². The molecule has 1 unspecified atom stereocenters. The third-order valence-electron chi connectivity index (χ3n) is 2.03. The molecule has 1 fully saturated rings. The van der Waals surface area contributed by atoms with Crippen LogP contribution < -0.4 is 5.32 Å². The molecule has 0 radical (unpaired) electrons. The van der Waals surface area contributed by atoms with Crippen LogP contribution in [-0.4, -0.2) is 27.7 Å². The van der Waals surface area contributed by atoms with Crippen molar-refractivity contribution in [2.45, 2.75) is 29.4 Å². The van der Waals surface area contributed by atoms with Gasteiger partial charge >= 0.3 is 0 Å². The summed E-state index contributed by atoms with van der Waals surface area (Å²) < 4.78 is 5.29. The summed E-state index contributed by atoms with van der Waals surface area (Å²) in [6, 6.07) is 0. The minimum absolute atomic E-state index is 0.695. The summed E-state index contributed by atoms with van der Waals surface area (Å²) in [5.41, 5.74) is 0. The summed E-state index contributed by atoms with van der Waals surface area (Å²) in [4.78, 5) is 4.35. The van der Waals surface area contributed by atoms with E-state index in [9.17, 15) is 0 Å². The van der Waals surface area contributed by atoms with Gasteiger partial charge < -0.3 is 5.32 Å². The minimum Gasteiger partial charge on any atom is -0.316 e. The first-order chi connectivity index (χ1) is 6.34. The fourth-order valence-corrected chi connectivity index (χ4v) is 3.46. The molecule has 1 atom stereocenters. The number of thioether (sulfide) groups is 1. The lowest BCUT2D eigenvalue weighted by molar-refractivity contribution is 0.531. The number of nitrogens with zero attached hydrogens (tertiary/aromatic N) is 2. The Hall–Kier alpha value is -0.130. The number of nitrogens with one attached hydrogen (secondary N) is 1. The number of piperidine rings is 1. The quantitative estimate of drug-likeness (QED) is 0.814. The van der Waals surface area contributed by atoms with Crippen molar-refractivity contribution in [2.75, 3.05) is 13.1 Å². The molecule has 72 valence electrons. The molecule has 0 spiro atoms. The fourth-order valence-electron chi connectivity index (χ4n) is 1.39. The Morgan fingerprint density at radius 2 is 2.54 bits per heavy atom. The smallest absolute Gasteiger partial charge is 0.170 e. The highest BCUT2D eigenvalue weighted by Gasteiger charge is 2.15. The van der Waals surface area contributed by atoms with Crippen LogP contribution in [-0.2, 0) is 0 Å². The molecule has 3 nitrogen and oxygen atoms in total. The zero-order valence-corrected chi connectivity index (χ0v) is 9.25. The van der Waals surface area contributed by atoms with E-state index in [1.165, 1.54) is 30.9 Å². The molecule has 1 aliphatic heterocycles. The third kappa shape index (κ3) is 2.65. The topological polar surface area (TPSA) is 37.8 Å². The zero-order valence-electron chi connectivity index (χ0n) is 7.62. The van der Waals surface area contributed by atoms with Crippen LogP contribution in [0.5, 0.6) is 0 Å². The van der Waals surface area contributed by atoms with Gasteiger partial charge in [-0.1, -0.05) is 11.8 Å². The largest absolute Gasteiger partial charge is 0.316 e. The molecule has 0 aromatic carbocycles. The lowest BCUT2D eigenvalue weighted by Gasteiger charge is -2.20. The summed E-state index contributed by atoms with van der Waals surface area (Å²) in [5.74, 6) is 0.899. The first-order valence-electron chi connectivity index (χ1n) is 4.52. The standard InChI is InChI=1S/C8H13N3S2/c1-6-10-8(13-11-6)12-7-3-2-4-9-5-7/h7,9H,2-5H2,1H3. The molecule has 1 aliphatic rings. The van der Waals surface area contributed by atoms with Crippen LogP contribution in [0, 0.1) is 6.92 Å². The summed E-state index contributed by atoms with van der Waals surface area (Å²) in [5, 5.41) is 4.09. The monoisotopic (exact) mass is 215 g/mol. The Morgan fingerprint density at radius 1 is 1.62 bits per heavy atom. The van der Waals surface area contributed by atoms with Crippen molar-refractivity contribution >= 4 is 23.3 Å². The van der Waals surface area contributed by atoms with E-state index < -0.39 is 0 Å². The van der Waals surface area contributed by atoms with Crippen molar-refractivity contribution in [3.05, 3.63) is 5.82 Å². The molecule has 13 heavy (non-hydrogen) atoms. The molecule has 0 saturated carbocycles. The van der Waals surface area contributed by atoms with E-state index >= 15 is 0 Å². The van der Waals surface area contributed by atoms with Crippen molar-refractivity contribution in [1.29, 1.82) is 0 Å². The maximum atomic E-state index is 4.35. The van der Waals surface area contributed by atoms with Gasteiger partial charge in [-0.2, -0.15) is 4.37 Å². The average Bonchev–Trinajstić information content (AvgIpc) is 2.53. The normalized spacial score (nSPS) is 23.3. The highest BCUT2D eigenvalue weighted by Crippen LogP contribution is 2.28. The van der Waals surface area contributed by atoms with E-state index in [0.717, 1.165) is 16.7 Å². The first kappa shape index (κ1) is 9.43. The lowest BCUT2D eigenvalue weighted by atomic mass is 10.2. The Kier molecular flexibility index (Phi) is 3.18. The van der Waals surface area contributed by atoms with E-state index in [0.29, 0.717) is 5.25 Å². The number of hydrogen-bond acceptors (Lipinski definition) is 5. The van der Waals surface area contributed by atoms with Gasteiger partial charge in [0.1, 0.15) is 5.82 Å². The van der Waals surface area contributed by atoms with E-state index in [2.05, 4.69) is 14.7 Å². The molecule has 1 N–H and O–H groups in total. The van der Waals surface area contributed by atoms with Crippen LogP contribution in [0.2, 0.25) is 0 Å². The van der Waals surface area contributed by atoms with Crippen LogP contribution in [0.4, 0.5) is 0 Å². The van der Waals surface area contributed by atoms with Gasteiger partial charge in [-0.25, -0.2) is 4.98 Å². The van der Waals surface area contributed by atoms with Gasteiger partial charge in [0, 0.05) is 11.8 Å². The number of aromatic nitrogens is 2. The SMILES string of the molecule is Cc1nsc(SC2CCCNC2)n1. The molecule has 1 aromatic rings. The summed E-state index contributed by atoms with van der Waals surface area (Å²) in [6.45, 7) is 4.23. The maximum Gasteiger partial charge on any atom is 0.170 e. The predicted octanol–water partition coefficient (Wildman–Crippen LogP) is 1.69. The molecular weight excluding hydrogens is 202 g/mol. The maximum absolute atomic E-state index is 4.35. The van der Waals surface area contributed by atoms with Gasteiger partial charge in [-0.15, -0.1) is 0 Å². The molecule has 0 amide bonds. The molecular formula is C8H13N3S2. The van der Waals surface area contributed by atoms with Crippen LogP contribution in [0.25, 0.3) is 0 Å². The van der Waals surface area contributed by atoms with Gasteiger partial charge in [-0.3, -0.25) is 0 Å². The highest BCUT2D eigenvalue weighted by atomic mass is 32.2. The average molecular weight is 215 g/mol. The van der Waals surface area contributed by atoms with Crippen molar-refractivity contribution in [3.8, 4) is 0 Å². The van der Waals surface area contributed by atoms with Crippen LogP contribution in [0.3, 0.4) is 0 Å². The van der Waals surface area contributed by atoms with E-state index in [1.807, 2.05) is 18.7 Å². The molecule has 0 bridgehead atoms. The number of hydrogen-bond donors (Lipinski definition) is 1. The third-order valence-corrected chi connectivity index (χ3v) is 4.17. The molecule has 5 heteroatoms. The lowest BCUT2D eigenvalue weighted by Crippen LogP contribution is -2.31. The molecule has 1 aromatic heterocycles. The van der Waals surface area contributed by atoms with Crippen molar-refractivity contribution in [2.24, 2.45) is 0 Å². The van der Waals surface area contributed by atoms with E-state index in [1.54, 1.807) is 0 Å². The van der Waals surface area contributed by atoms with Crippen molar-refractivity contribution in [1.82, 2.24) is 14.7 Å². The minimum atomic E-state index is 0.695. The molecule has 0 aliphatic carbocycles. The molecule has 2 rings (SSSR count). The first-order valence-corrected chi connectivity index (χ1v) is 6.17. The predicted molar refractivity (Wildman–Crippen MR) is 56.4 cm³/mol. The summed E-state index contributed by atoms with van der Waals surface area (Å²) >= 11 is 3.39. The van der Waals surface area contributed by atoms with Crippen molar-refractivity contribution < 1.29 is 0 Å². The summed E-state index contributed by atoms with van der Waals surface area (Å²) in [6.07, 6.45) is 2.59. The zero-order chi connectivity index (χ0) is 9.10. The molecule has 1 saturated heterocycles. The van der Waals surface area contributed by atoms with Gasteiger partial charge in [0.2, 0.25) is 0 Å². The van der Waals surface area contributed by atoms with Gasteiger partial charge in [0.05, 0.1) is 0 Å². The van der Waals surface area contributed by atoms with Gasteiger partial charge in [-0.05, 0) is 37.8 Å². The Balaban J connectivity index is 1.89. The number of rotatable bonds is 2. The van der Waals surface area contributed by atoms with Crippen LogP contribution >= 0.6 is 23.3 Å². The Morgan fingerprint density at radius 3 is 3.15 bits per heavy atom. The second-order valence-electron chi connectivity index (χ2n) is 3.19. The molecule has 2 heterocycles. The van der Waals surface area contributed by atoms with E-state index in [4.69, 9.17) is 0 Å². The second-order valence-corrected chi connectivity index (χ2v) is 5.49. The summed E-state index contributed by atoms with van der Waals surface area (Å²) in [7, 11) is 0.